The molecule has 0 fully saturated rings. The zero-order valence-corrected chi connectivity index (χ0v) is 6.24. The summed E-state index contributed by atoms with van der Waals surface area (Å²) in [5.74, 6) is 0.176. The van der Waals surface area contributed by atoms with E-state index in [0.717, 1.165) is 12.8 Å². The first-order valence-electron chi connectivity index (χ1n) is 2.87. The Bertz CT molecular complexity index is 80.6. The van der Waals surface area contributed by atoms with Gasteiger partial charge in [-0.2, -0.15) is 12.6 Å². The Balaban J connectivity index is 3.32. The van der Waals surface area contributed by atoms with Crippen LogP contribution >= 0.6 is 12.6 Å². The van der Waals surface area contributed by atoms with E-state index in [-0.39, 0.29) is 11.0 Å². The molecule has 0 spiro atoms. The molecule has 0 aliphatic heterocycles. The van der Waals surface area contributed by atoms with Crippen molar-refractivity contribution in [2.24, 2.45) is 0 Å². The second-order valence-corrected chi connectivity index (χ2v) is 2.54. The van der Waals surface area contributed by atoms with Crippen LogP contribution in [0.2, 0.25) is 0 Å². The Morgan fingerprint density at radius 2 is 2.25 bits per heavy atom. The van der Waals surface area contributed by atoms with Crippen molar-refractivity contribution in [3.8, 4) is 0 Å². The predicted molar refractivity (Wildman–Crippen MR) is 38.4 cm³/mol. The first-order valence-corrected chi connectivity index (χ1v) is 3.38. The minimum atomic E-state index is -0.0278. The summed E-state index contributed by atoms with van der Waals surface area (Å²) in [6.45, 7) is 3.62. The number of thiol groups is 1. The van der Waals surface area contributed by atoms with Gasteiger partial charge in [0.2, 0.25) is 0 Å². The fourth-order valence-corrected chi connectivity index (χ4v) is 0.735. The van der Waals surface area contributed by atoms with Crippen LogP contribution in [0, 0.1) is 0 Å². The molecule has 48 valence electrons. The Hall–Kier alpha value is 0.0200. The van der Waals surface area contributed by atoms with E-state index in [1.807, 2.05) is 6.92 Å². The van der Waals surface area contributed by atoms with Crippen molar-refractivity contribution in [2.75, 3.05) is 0 Å². The van der Waals surface area contributed by atoms with E-state index in [0.29, 0.717) is 0 Å². The fraction of sp³-hybridized carbons (Fsp3) is 0.833. The van der Waals surface area contributed by atoms with Crippen LogP contribution in [0.25, 0.3) is 0 Å². The molecule has 0 N–H and O–H groups in total. The summed E-state index contributed by atoms with van der Waals surface area (Å²) >= 11 is 4.06. The van der Waals surface area contributed by atoms with Crippen molar-refractivity contribution >= 4 is 18.4 Å². The summed E-state index contributed by atoms with van der Waals surface area (Å²) in [5.41, 5.74) is 0. The van der Waals surface area contributed by atoms with Crippen LogP contribution in [0.5, 0.6) is 0 Å². The molecular weight excluding hydrogens is 120 g/mol. The molecule has 0 rings (SSSR count). The van der Waals surface area contributed by atoms with E-state index in [1.165, 1.54) is 0 Å². The Labute approximate surface area is 55.9 Å². The monoisotopic (exact) mass is 132 g/mol. The lowest BCUT2D eigenvalue weighted by Crippen LogP contribution is -2.08. The van der Waals surface area contributed by atoms with Gasteiger partial charge < -0.3 is 0 Å². The molecule has 0 aromatic heterocycles. The molecule has 0 aliphatic rings. The number of ketones is 1. The van der Waals surface area contributed by atoms with Crippen LogP contribution in [0.15, 0.2) is 0 Å². The third-order valence-electron chi connectivity index (χ3n) is 1.03. The van der Waals surface area contributed by atoms with Gasteiger partial charge in [0.15, 0.2) is 0 Å². The van der Waals surface area contributed by atoms with Gasteiger partial charge in [0.05, 0.1) is 5.25 Å². The normalized spacial score (nSPS) is 13.4. The molecule has 0 amide bonds. The van der Waals surface area contributed by atoms with Gasteiger partial charge in [-0.1, -0.05) is 13.3 Å². The standard InChI is InChI=1S/C6H12OS/c1-3-4-6(8)5(2)7/h6,8H,3-4H2,1-2H3. The summed E-state index contributed by atoms with van der Waals surface area (Å²) in [6, 6.07) is 0. The maximum atomic E-state index is 10.5. The largest absolute Gasteiger partial charge is 0.299 e. The maximum absolute atomic E-state index is 10.5. The molecule has 0 bridgehead atoms. The van der Waals surface area contributed by atoms with Gasteiger partial charge in [-0.25, -0.2) is 0 Å². The highest BCUT2D eigenvalue weighted by Gasteiger charge is 2.04. The van der Waals surface area contributed by atoms with Crippen LogP contribution in [-0.4, -0.2) is 11.0 Å². The number of carbonyl (C=O) groups excluding carboxylic acids is 1. The number of hydrogen-bond acceptors (Lipinski definition) is 2. The molecule has 0 heterocycles. The fourth-order valence-electron chi connectivity index (χ4n) is 0.477. The Morgan fingerprint density at radius 3 is 2.38 bits per heavy atom. The molecule has 0 aromatic rings. The topological polar surface area (TPSA) is 17.1 Å². The summed E-state index contributed by atoms with van der Waals surface area (Å²) in [7, 11) is 0. The predicted octanol–water partition coefficient (Wildman–Crippen LogP) is 1.67. The lowest BCUT2D eigenvalue weighted by molar-refractivity contribution is -0.116. The average molecular weight is 132 g/mol. The molecule has 0 saturated carbocycles. The van der Waals surface area contributed by atoms with Crippen LogP contribution in [0.4, 0.5) is 0 Å². The summed E-state index contributed by atoms with van der Waals surface area (Å²) in [5, 5.41) is -0.0278. The molecular formula is C6H12OS. The maximum Gasteiger partial charge on any atom is 0.142 e. The third kappa shape index (κ3) is 3.08. The zero-order chi connectivity index (χ0) is 6.57. The summed E-state index contributed by atoms with van der Waals surface area (Å²) in [6.07, 6.45) is 1.94. The van der Waals surface area contributed by atoms with Crippen molar-refractivity contribution < 1.29 is 4.79 Å². The van der Waals surface area contributed by atoms with Crippen LogP contribution < -0.4 is 0 Å². The Morgan fingerprint density at radius 1 is 1.75 bits per heavy atom. The molecule has 1 atom stereocenters. The lowest BCUT2D eigenvalue weighted by atomic mass is 10.2. The van der Waals surface area contributed by atoms with Gasteiger partial charge in [-0.15, -0.1) is 0 Å². The minimum Gasteiger partial charge on any atom is -0.299 e. The van der Waals surface area contributed by atoms with Crippen molar-refractivity contribution in [3.63, 3.8) is 0 Å². The molecule has 2 heteroatoms. The van der Waals surface area contributed by atoms with E-state index < -0.39 is 0 Å². The number of carbonyl (C=O) groups is 1. The van der Waals surface area contributed by atoms with Crippen LogP contribution in [-0.2, 0) is 4.79 Å². The third-order valence-corrected chi connectivity index (χ3v) is 1.65. The molecule has 0 aromatic carbocycles. The average Bonchev–Trinajstić information content (AvgIpc) is 1.67. The van der Waals surface area contributed by atoms with E-state index >= 15 is 0 Å². The molecule has 1 unspecified atom stereocenters. The van der Waals surface area contributed by atoms with Crippen molar-refractivity contribution in [1.29, 1.82) is 0 Å². The summed E-state index contributed by atoms with van der Waals surface area (Å²) in [4.78, 5) is 10.5. The Kier molecular flexibility index (Phi) is 3.97. The molecule has 0 radical (unpaired) electrons. The molecule has 0 aliphatic carbocycles. The van der Waals surface area contributed by atoms with Gasteiger partial charge in [0.25, 0.3) is 0 Å². The van der Waals surface area contributed by atoms with Crippen molar-refractivity contribution in [2.45, 2.75) is 31.9 Å². The van der Waals surface area contributed by atoms with E-state index in [9.17, 15) is 4.79 Å². The second-order valence-electron chi connectivity index (χ2n) is 1.92. The first-order chi connectivity index (χ1) is 3.68. The molecule has 8 heavy (non-hydrogen) atoms. The number of Topliss-reactive ketones (excluding diaryl/α,β-unsaturated/α-hetero) is 1. The smallest absolute Gasteiger partial charge is 0.142 e. The molecule has 0 saturated heterocycles. The number of hydrogen-bond donors (Lipinski definition) is 1. The van der Waals surface area contributed by atoms with Gasteiger partial charge >= 0.3 is 0 Å². The van der Waals surface area contributed by atoms with Crippen LogP contribution in [0.1, 0.15) is 26.7 Å². The van der Waals surface area contributed by atoms with E-state index in [1.54, 1.807) is 6.92 Å². The summed E-state index contributed by atoms with van der Waals surface area (Å²) < 4.78 is 0. The van der Waals surface area contributed by atoms with Gasteiger partial charge in [0.1, 0.15) is 5.78 Å². The first kappa shape index (κ1) is 8.02. The van der Waals surface area contributed by atoms with Gasteiger partial charge in [-0.3, -0.25) is 4.79 Å². The zero-order valence-electron chi connectivity index (χ0n) is 5.35. The number of rotatable bonds is 3. The van der Waals surface area contributed by atoms with E-state index in [2.05, 4.69) is 12.6 Å². The van der Waals surface area contributed by atoms with Gasteiger partial charge in [-0.05, 0) is 13.3 Å². The van der Waals surface area contributed by atoms with Crippen LogP contribution in [0.3, 0.4) is 0 Å². The van der Waals surface area contributed by atoms with Gasteiger partial charge in [0, 0.05) is 0 Å². The van der Waals surface area contributed by atoms with E-state index in [4.69, 9.17) is 0 Å². The highest BCUT2D eigenvalue weighted by Crippen LogP contribution is 2.04. The highest BCUT2D eigenvalue weighted by atomic mass is 32.1. The quantitative estimate of drug-likeness (QED) is 0.578. The highest BCUT2D eigenvalue weighted by molar-refractivity contribution is 7.81. The second kappa shape index (κ2) is 3.96. The SMILES string of the molecule is CCCC(S)C(C)=O. The lowest BCUT2D eigenvalue weighted by Gasteiger charge is -2.01. The molecule has 1 nitrogen and oxygen atoms in total. The van der Waals surface area contributed by atoms with Crippen molar-refractivity contribution in [3.05, 3.63) is 0 Å². The minimum absolute atomic E-state index is 0.0278. The van der Waals surface area contributed by atoms with Crippen molar-refractivity contribution in [1.82, 2.24) is 0 Å².